The fourth-order valence-corrected chi connectivity index (χ4v) is 2.61. The van der Waals surface area contributed by atoms with Crippen molar-refractivity contribution in [1.82, 2.24) is 5.32 Å². The van der Waals surface area contributed by atoms with Gasteiger partial charge in [-0.05, 0) is 25.7 Å². The first kappa shape index (κ1) is 16.3. The van der Waals surface area contributed by atoms with Crippen LogP contribution < -0.4 is 10.0 Å². The van der Waals surface area contributed by atoms with Gasteiger partial charge in [-0.3, -0.25) is 4.79 Å². The van der Waals surface area contributed by atoms with Crippen molar-refractivity contribution in [3.05, 3.63) is 35.3 Å². The molecule has 1 aliphatic carbocycles. The van der Waals surface area contributed by atoms with Gasteiger partial charge in [-0.1, -0.05) is 19.3 Å². The lowest BCUT2D eigenvalue weighted by molar-refractivity contribution is -0.605. The third kappa shape index (κ3) is 4.72. The number of hydrogen-bond acceptors (Lipinski definition) is 4. The molecule has 1 heterocycles. The van der Waals surface area contributed by atoms with Crippen LogP contribution in [0.25, 0.3) is 0 Å². The zero-order valence-electron chi connectivity index (χ0n) is 12.8. The van der Waals surface area contributed by atoms with E-state index in [0.717, 1.165) is 12.8 Å². The summed E-state index contributed by atoms with van der Waals surface area (Å²) in [6.07, 6.45) is 7.59. The molecule has 0 unspecified atom stereocenters. The standard InChI is InChI=1S/C16H22N2O4/c1-12(15(19)17-11-13-5-3-2-4-6-13)22-16(20)14-7-9-18(21)10-8-14/h7-10,12-13H,2-6,11H2,1H3,(H,17,19)/t12-/m0/s1. The number of nitrogens with one attached hydrogen (secondary N) is 1. The molecule has 1 aromatic heterocycles. The Morgan fingerprint density at radius 3 is 2.59 bits per heavy atom. The predicted molar refractivity (Wildman–Crippen MR) is 79.9 cm³/mol. The van der Waals surface area contributed by atoms with Crippen molar-refractivity contribution in [2.45, 2.75) is 45.1 Å². The maximum atomic E-state index is 12.0. The topological polar surface area (TPSA) is 82.3 Å². The molecule has 0 radical (unpaired) electrons. The molecule has 0 spiro atoms. The van der Waals surface area contributed by atoms with E-state index in [-0.39, 0.29) is 11.5 Å². The summed E-state index contributed by atoms with van der Waals surface area (Å²) >= 11 is 0. The molecule has 6 heteroatoms. The second kappa shape index (κ2) is 7.77. The predicted octanol–water partition coefficient (Wildman–Crippen LogP) is 1.56. The number of pyridine rings is 1. The number of carbonyl (C=O) groups excluding carboxylic acids is 2. The molecular formula is C16H22N2O4. The molecule has 1 saturated carbocycles. The largest absolute Gasteiger partial charge is 0.619 e. The number of nitrogens with zero attached hydrogens (tertiary/aromatic N) is 1. The van der Waals surface area contributed by atoms with E-state index in [1.165, 1.54) is 43.8 Å². The van der Waals surface area contributed by atoms with Gasteiger partial charge in [-0.25, -0.2) is 4.79 Å². The first-order valence-electron chi connectivity index (χ1n) is 7.74. The normalized spacial score (nSPS) is 16.8. The maximum absolute atomic E-state index is 12.0. The Morgan fingerprint density at radius 1 is 1.32 bits per heavy atom. The Hall–Kier alpha value is -2.11. The van der Waals surface area contributed by atoms with Gasteiger partial charge in [0.05, 0.1) is 5.56 Å². The molecule has 120 valence electrons. The summed E-state index contributed by atoms with van der Waals surface area (Å²) in [4.78, 5) is 23.8. The van der Waals surface area contributed by atoms with Crippen molar-refractivity contribution in [3.8, 4) is 0 Å². The third-order valence-corrected chi connectivity index (χ3v) is 3.98. The molecule has 1 aliphatic rings. The zero-order chi connectivity index (χ0) is 15.9. The van der Waals surface area contributed by atoms with Gasteiger partial charge in [0, 0.05) is 18.7 Å². The lowest BCUT2D eigenvalue weighted by Crippen LogP contribution is -2.38. The highest BCUT2D eigenvalue weighted by Gasteiger charge is 2.21. The Labute approximate surface area is 130 Å². The quantitative estimate of drug-likeness (QED) is 0.508. The highest BCUT2D eigenvalue weighted by Crippen LogP contribution is 2.22. The lowest BCUT2D eigenvalue weighted by atomic mass is 9.89. The molecule has 0 saturated heterocycles. The molecule has 2 rings (SSSR count). The van der Waals surface area contributed by atoms with Crippen LogP contribution >= 0.6 is 0 Å². The van der Waals surface area contributed by atoms with Gasteiger partial charge in [-0.2, -0.15) is 4.73 Å². The van der Waals surface area contributed by atoms with Crippen LogP contribution in [-0.4, -0.2) is 24.5 Å². The second-order valence-corrected chi connectivity index (χ2v) is 5.74. The molecular weight excluding hydrogens is 284 g/mol. The van der Waals surface area contributed by atoms with Crippen LogP contribution in [0.2, 0.25) is 0 Å². The van der Waals surface area contributed by atoms with E-state index < -0.39 is 12.1 Å². The fourth-order valence-electron chi connectivity index (χ4n) is 2.61. The third-order valence-electron chi connectivity index (χ3n) is 3.98. The molecule has 1 fully saturated rings. The number of esters is 1. The summed E-state index contributed by atoms with van der Waals surface area (Å²) in [5.41, 5.74) is 0.249. The minimum atomic E-state index is -0.851. The monoisotopic (exact) mass is 306 g/mol. The van der Waals surface area contributed by atoms with Crippen molar-refractivity contribution >= 4 is 11.9 Å². The Balaban J connectivity index is 1.77. The molecule has 22 heavy (non-hydrogen) atoms. The van der Waals surface area contributed by atoms with Gasteiger partial charge in [0.2, 0.25) is 0 Å². The van der Waals surface area contributed by atoms with Crippen molar-refractivity contribution in [2.75, 3.05) is 6.54 Å². The Bertz CT molecular complexity index is 509. The van der Waals surface area contributed by atoms with E-state index in [2.05, 4.69) is 5.32 Å². The van der Waals surface area contributed by atoms with Gasteiger partial charge < -0.3 is 15.3 Å². The molecule has 0 bridgehead atoms. The van der Waals surface area contributed by atoms with E-state index in [9.17, 15) is 14.8 Å². The lowest BCUT2D eigenvalue weighted by Gasteiger charge is -2.22. The van der Waals surface area contributed by atoms with Crippen LogP contribution in [-0.2, 0) is 9.53 Å². The second-order valence-electron chi connectivity index (χ2n) is 5.74. The van der Waals surface area contributed by atoms with Gasteiger partial charge in [0.15, 0.2) is 18.5 Å². The van der Waals surface area contributed by atoms with Crippen LogP contribution in [0.3, 0.4) is 0 Å². The molecule has 1 amide bonds. The summed E-state index contributed by atoms with van der Waals surface area (Å²) in [6.45, 7) is 2.19. The average Bonchev–Trinajstić information content (AvgIpc) is 2.54. The fraction of sp³-hybridized carbons (Fsp3) is 0.562. The molecule has 0 aliphatic heterocycles. The highest BCUT2D eigenvalue weighted by molar-refractivity contribution is 5.91. The van der Waals surface area contributed by atoms with Gasteiger partial charge >= 0.3 is 5.97 Å². The molecule has 0 aromatic carbocycles. The Kier molecular flexibility index (Phi) is 5.75. The number of amides is 1. The van der Waals surface area contributed by atoms with Crippen molar-refractivity contribution in [2.24, 2.45) is 5.92 Å². The Morgan fingerprint density at radius 2 is 1.95 bits per heavy atom. The van der Waals surface area contributed by atoms with Crippen molar-refractivity contribution in [3.63, 3.8) is 0 Å². The first-order valence-corrected chi connectivity index (χ1v) is 7.74. The minimum Gasteiger partial charge on any atom is -0.619 e. The van der Waals surface area contributed by atoms with Crippen molar-refractivity contribution < 1.29 is 19.1 Å². The summed E-state index contributed by atoms with van der Waals surface area (Å²) < 4.78 is 5.70. The van der Waals surface area contributed by atoms with Gasteiger partial charge in [-0.15, -0.1) is 0 Å². The zero-order valence-corrected chi connectivity index (χ0v) is 12.8. The van der Waals surface area contributed by atoms with E-state index in [1.807, 2.05) is 0 Å². The van der Waals surface area contributed by atoms with E-state index in [4.69, 9.17) is 4.74 Å². The van der Waals surface area contributed by atoms with E-state index in [1.54, 1.807) is 6.92 Å². The van der Waals surface area contributed by atoms with Crippen LogP contribution in [0, 0.1) is 11.1 Å². The summed E-state index contributed by atoms with van der Waals surface area (Å²) in [6, 6.07) is 2.73. The number of hydrogen-bond donors (Lipinski definition) is 1. The number of rotatable bonds is 5. The maximum Gasteiger partial charge on any atom is 0.339 e. The SMILES string of the molecule is C[C@H](OC(=O)c1cc[n+]([O-])cc1)C(=O)NCC1CCCCC1. The number of ether oxygens (including phenoxy) is 1. The molecule has 1 aromatic rings. The summed E-state index contributed by atoms with van der Waals surface area (Å²) in [5.74, 6) is -0.364. The highest BCUT2D eigenvalue weighted by atomic mass is 16.5. The summed E-state index contributed by atoms with van der Waals surface area (Å²) in [7, 11) is 0. The molecule has 6 nitrogen and oxygen atoms in total. The van der Waals surface area contributed by atoms with Crippen LogP contribution in [0.4, 0.5) is 0 Å². The molecule has 1 atom stereocenters. The average molecular weight is 306 g/mol. The van der Waals surface area contributed by atoms with E-state index >= 15 is 0 Å². The van der Waals surface area contributed by atoms with Gasteiger partial charge in [0.25, 0.3) is 5.91 Å². The first-order chi connectivity index (χ1) is 10.6. The minimum absolute atomic E-state index is 0.249. The van der Waals surface area contributed by atoms with Crippen LogP contribution in [0.5, 0.6) is 0 Å². The number of aromatic nitrogens is 1. The van der Waals surface area contributed by atoms with Crippen LogP contribution in [0.15, 0.2) is 24.5 Å². The van der Waals surface area contributed by atoms with Crippen LogP contribution in [0.1, 0.15) is 49.4 Å². The summed E-state index contributed by atoms with van der Waals surface area (Å²) in [5, 5.41) is 13.8. The van der Waals surface area contributed by atoms with E-state index in [0.29, 0.717) is 17.2 Å². The number of carbonyl (C=O) groups is 2. The molecule has 1 N–H and O–H groups in total. The van der Waals surface area contributed by atoms with Crippen molar-refractivity contribution in [1.29, 1.82) is 0 Å². The smallest absolute Gasteiger partial charge is 0.339 e. The van der Waals surface area contributed by atoms with Gasteiger partial charge in [0.1, 0.15) is 0 Å².